The molecule has 0 fully saturated rings. The van der Waals surface area contributed by atoms with E-state index in [0.29, 0.717) is 6.04 Å². The zero-order chi connectivity index (χ0) is 11.3. The van der Waals surface area contributed by atoms with Gasteiger partial charge in [0.1, 0.15) is 5.82 Å². The second kappa shape index (κ2) is 5.66. The predicted octanol–water partition coefficient (Wildman–Crippen LogP) is 1.43. The first-order valence-corrected chi connectivity index (χ1v) is 5.39. The van der Waals surface area contributed by atoms with Crippen LogP contribution in [0.3, 0.4) is 0 Å². The topological polar surface area (TPSA) is 41.1 Å². The first-order chi connectivity index (χ1) is 7.15. The largest absolute Gasteiger partial charge is 0.356 e. The van der Waals surface area contributed by atoms with E-state index in [4.69, 9.17) is 0 Å². The molecule has 15 heavy (non-hydrogen) atoms. The molecule has 0 aliphatic heterocycles. The zero-order valence-corrected chi connectivity index (χ0v) is 9.99. The van der Waals surface area contributed by atoms with Gasteiger partial charge in [-0.05, 0) is 20.4 Å². The van der Waals surface area contributed by atoms with Crippen LogP contribution < -0.4 is 10.2 Å². The molecule has 1 heterocycles. The number of rotatable bonds is 5. The summed E-state index contributed by atoms with van der Waals surface area (Å²) < 4.78 is 0. The van der Waals surface area contributed by atoms with Crippen molar-refractivity contribution in [3.05, 3.63) is 18.1 Å². The molecule has 1 rings (SSSR count). The van der Waals surface area contributed by atoms with E-state index in [1.54, 1.807) is 0 Å². The minimum absolute atomic E-state index is 0.443. The third-order valence-electron chi connectivity index (χ3n) is 2.38. The second-order valence-electron chi connectivity index (χ2n) is 3.85. The molecule has 1 aromatic rings. The molecule has 0 spiro atoms. The molecule has 0 aliphatic carbocycles. The van der Waals surface area contributed by atoms with Gasteiger partial charge in [-0.1, -0.05) is 6.92 Å². The summed E-state index contributed by atoms with van der Waals surface area (Å²) in [6.07, 6.45) is 3.66. The van der Waals surface area contributed by atoms with Crippen molar-refractivity contribution in [2.24, 2.45) is 0 Å². The lowest BCUT2D eigenvalue weighted by Gasteiger charge is -2.21. The molecule has 1 N–H and O–H groups in total. The number of nitrogens with one attached hydrogen (secondary N) is 1. The Morgan fingerprint density at radius 2 is 2.07 bits per heavy atom. The molecule has 0 aliphatic rings. The smallest absolute Gasteiger partial charge is 0.147 e. The maximum atomic E-state index is 4.38. The number of anilines is 1. The highest BCUT2D eigenvalue weighted by Crippen LogP contribution is 2.09. The predicted molar refractivity (Wildman–Crippen MR) is 63.0 cm³/mol. The summed E-state index contributed by atoms with van der Waals surface area (Å²) in [6, 6.07) is 0.443. The van der Waals surface area contributed by atoms with Crippen LogP contribution in [0.25, 0.3) is 0 Å². The van der Waals surface area contributed by atoms with Crippen molar-refractivity contribution in [2.45, 2.75) is 33.4 Å². The normalized spacial score (nSPS) is 10.7. The van der Waals surface area contributed by atoms with E-state index in [2.05, 4.69) is 41.0 Å². The van der Waals surface area contributed by atoms with Crippen molar-refractivity contribution in [1.82, 2.24) is 15.3 Å². The van der Waals surface area contributed by atoms with Gasteiger partial charge in [0.15, 0.2) is 0 Å². The van der Waals surface area contributed by atoms with Crippen LogP contribution in [0.4, 0.5) is 5.82 Å². The maximum absolute atomic E-state index is 4.38. The van der Waals surface area contributed by atoms with Crippen molar-refractivity contribution < 1.29 is 0 Å². The van der Waals surface area contributed by atoms with E-state index in [0.717, 1.165) is 24.6 Å². The molecule has 0 amide bonds. The van der Waals surface area contributed by atoms with Gasteiger partial charge < -0.3 is 10.2 Å². The van der Waals surface area contributed by atoms with Gasteiger partial charge in [-0.25, -0.2) is 4.98 Å². The maximum Gasteiger partial charge on any atom is 0.147 e. The van der Waals surface area contributed by atoms with Gasteiger partial charge in [-0.2, -0.15) is 0 Å². The summed E-state index contributed by atoms with van der Waals surface area (Å²) in [6.45, 7) is 8.08. The van der Waals surface area contributed by atoms with E-state index in [1.165, 1.54) is 0 Å². The summed E-state index contributed by atoms with van der Waals surface area (Å²) >= 11 is 0. The number of hydrogen-bond acceptors (Lipinski definition) is 4. The van der Waals surface area contributed by atoms with Crippen LogP contribution in [0.15, 0.2) is 12.4 Å². The van der Waals surface area contributed by atoms with Crippen LogP contribution in [0, 0.1) is 0 Å². The van der Waals surface area contributed by atoms with Gasteiger partial charge in [0, 0.05) is 19.6 Å². The fourth-order valence-electron chi connectivity index (χ4n) is 1.14. The fraction of sp³-hybridized carbons (Fsp3) is 0.636. The molecule has 4 heteroatoms. The van der Waals surface area contributed by atoms with E-state index in [1.807, 2.05) is 19.4 Å². The van der Waals surface area contributed by atoms with Crippen LogP contribution in [0.1, 0.15) is 26.5 Å². The molecule has 0 bridgehead atoms. The average Bonchev–Trinajstić information content (AvgIpc) is 2.26. The summed E-state index contributed by atoms with van der Waals surface area (Å²) in [7, 11) is 2.03. The highest BCUT2D eigenvalue weighted by molar-refractivity contribution is 5.35. The van der Waals surface area contributed by atoms with Crippen LogP contribution in [-0.4, -0.2) is 29.6 Å². The molecular formula is C11H20N4. The van der Waals surface area contributed by atoms with Crippen molar-refractivity contribution in [3.63, 3.8) is 0 Å². The molecule has 0 unspecified atom stereocenters. The molecule has 0 atom stereocenters. The number of nitrogens with zero attached hydrogens (tertiary/aromatic N) is 3. The van der Waals surface area contributed by atoms with Crippen molar-refractivity contribution in [3.8, 4) is 0 Å². The standard InChI is InChI=1S/C11H20N4/c1-5-12-6-10-7-14-11(8-13-10)15(4)9(2)3/h7-9,12H,5-6H2,1-4H3. The lowest BCUT2D eigenvalue weighted by molar-refractivity contribution is 0.700. The molecule has 4 nitrogen and oxygen atoms in total. The summed E-state index contributed by atoms with van der Waals surface area (Å²) in [4.78, 5) is 10.8. The molecule has 84 valence electrons. The van der Waals surface area contributed by atoms with Crippen LogP contribution in [0.5, 0.6) is 0 Å². The van der Waals surface area contributed by atoms with Gasteiger partial charge >= 0.3 is 0 Å². The van der Waals surface area contributed by atoms with E-state index >= 15 is 0 Å². The molecule has 0 saturated heterocycles. The Hall–Kier alpha value is -1.16. The summed E-state index contributed by atoms with van der Waals surface area (Å²) in [5.41, 5.74) is 0.984. The van der Waals surface area contributed by atoms with Gasteiger partial charge in [0.05, 0.1) is 18.1 Å². The molecule has 1 aromatic heterocycles. The second-order valence-corrected chi connectivity index (χ2v) is 3.85. The average molecular weight is 208 g/mol. The number of hydrogen-bond donors (Lipinski definition) is 1. The third kappa shape index (κ3) is 3.47. The highest BCUT2D eigenvalue weighted by Gasteiger charge is 2.06. The zero-order valence-electron chi connectivity index (χ0n) is 9.99. The lowest BCUT2D eigenvalue weighted by atomic mass is 10.3. The molecule has 0 radical (unpaired) electrons. The van der Waals surface area contributed by atoms with Crippen LogP contribution in [0.2, 0.25) is 0 Å². The van der Waals surface area contributed by atoms with Crippen molar-refractivity contribution in [2.75, 3.05) is 18.5 Å². The van der Waals surface area contributed by atoms with Crippen LogP contribution in [-0.2, 0) is 6.54 Å². The molecule has 0 aromatic carbocycles. The Bertz CT molecular complexity index is 281. The fourth-order valence-corrected chi connectivity index (χ4v) is 1.14. The Kier molecular flexibility index (Phi) is 4.49. The van der Waals surface area contributed by atoms with E-state index < -0.39 is 0 Å². The minimum Gasteiger partial charge on any atom is -0.356 e. The Labute approximate surface area is 91.7 Å². The monoisotopic (exact) mass is 208 g/mol. The Balaban J connectivity index is 2.63. The summed E-state index contributed by atoms with van der Waals surface area (Å²) in [5, 5.41) is 3.22. The highest BCUT2D eigenvalue weighted by atomic mass is 15.2. The molecular weight excluding hydrogens is 188 g/mol. The van der Waals surface area contributed by atoms with Gasteiger partial charge in [-0.15, -0.1) is 0 Å². The minimum atomic E-state index is 0.443. The van der Waals surface area contributed by atoms with Crippen molar-refractivity contribution in [1.29, 1.82) is 0 Å². The third-order valence-corrected chi connectivity index (χ3v) is 2.38. The van der Waals surface area contributed by atoms with Crippen LogP contribution >= 0.6 is 0 Å². The quantitative estimate of drug-likeness (QED) is 0.794. The van der Waals surface area contributed by atoms with E-state index in [-0.39, 0.29) is 0 Å². The van der Waals surface area contributed by atoms with Gasteiger partial charge in [0.25, 0.3) is 0 Å². The molecule has 0 saturated carbocycles. The Morgan fingerprint density at radius 3 is 2.53 bits per heavy atom. The van der Waals surface area contributed by atoms with Gasteiger partial charge in [-0.3, -0.25) is 4.98 Å². The first-order valence-electron chi connectivity index (χ1n) is 5.39. The lowest BCUT2D eigenvalue weighted by Crippen LogP contribution is -2.26. The van der Waals surface area contributed by atoms with Crippen molar-refractivity contribution >= 4 is 5.82 Å². The first kappa shape index (κ1) is 11.9. The Morgan fingerprint density at radius 1 is 1.33 bits per heavy atom. The number of aromatic nitrogens is 2. The summed E-state index contributed by atoms with van der Waals surface area (Å²) in [5.74, 6) is 0.922. The SMILES string of the molecule is CCNCc1cnc(N(C)C(C)C)cn1. The van der Waals surface area contributed by atoms with Gasteiger partial charge in [0.2, 0.25) is 0 Å². The van der Waals surface area contributed by atoms with E-state index in [9.17, 15) is 0 Å².